The monoisotopic (exact) mass is 309 g/mol. The van der Waals surface area contributed by atoms with Crippen LogP contribution in [0.5, 0.6) is 11.5 Å². The molecule has 0 saturated heterocycles. The number of nitrogens with zero attached hydrogens (tertiary/aromatic N) is 2. The summed E-state index contributed by atoms with van der Waals surface area (Å²) in [5.41, 5.74) is 1.79. The van der Waals surface area contributed by atoms with Crippen molar-refractivity contribution in [1.82, 2.24) is 9.97 Å². The van der Waals surface area contributed by atoms with E-state index in [2.05, 4.69) is 22.2 Å². The number of aromatic nitrogens is 2. The molecule has 0 aliphatic rings. The van der Waals surface area contributed by atoms with Gasteiger partial charge in [0.2, 0.25) is 0 Å². The standard InChI is InChI=1S/C18H19N3O2/c1-3-10-23-14-6-4-13(5-7-14)21-18-16-9-8-15(22-2)11-17(16)19-12-20-18/h4-9,11-12H,3,10H2,1-2H3,(H,19,20,21). The number of methoxy groups -OCH3 is 1. The summed E-state index contributed by atoms with van der Waals surface area (Å²) in [4.78, 5) is 8.62. The maximum Gasteiger partial charge on any atom is 0.141 e. The number of nitrogens with one attached hydrogen (secondary N) is 1. The van der Waals surface area contributed by atoms with E-state index in [1.807, 2.05) is 42.5 Å². The second kappa shape index (κ2) is 6.96. The molecular formula is C18H19N3O2. The van der Waals surface area contributed by atoms with Crippen LogP contribution in [-0.2, 0) is 0 Å². The van der Waals surface area contributed by atoms with E-state index in [9.17, 15) is 0 Å². The van der Waals surface area contributed by atoms with Gasteiger partial charge in [0.25, 0.3) is 0 Å². The minimum absolute atomic E-state index is 0.727. The Morgan fingerprint density at radius 1 is 1.00 bits per heavy atom. The first-order chi connectivity index (χ1) is 11.3. The third-order valence-electron chi connectivity index (χ3n) is 3.43. The summed E-state index contributed by atoms with van der Waals surface area (Å²) >= 11 is 0. The summed E-state index contributed by atoms with van der Waals surface area (Å²) in [7, 11) is 1.64. The van der Waals surface area contributed by atoms with Gasteiger partial charge in [-0.05, 0) is 42.8 Å². The number of hydrogen-bond acceptors (Lipinski definition) is 5. The molecule has 0 radical (unpaired) electrons. The summed E-state index contributed by atoms with van der Waals surface area (Å²) in [6.07, 6.45) is 2.54. The normalized spacial score (nSPS) is 10.5. The summed E-state index contributed by atoms with van der Waals surface area (Å²) in [6.45, 7) is 2.82. The minimum Gasteiger partial charge on any atom is -0.497 e. The summed E-state index contributed by atoms with van der Waals surface area (Å²) in [5.74, 6) is 2.41. The van der Waals surface area contributed by atoms with Gasteiger partial charge in [0, 0.05) is 17.1 Å². The molecule has 0 saturated carbocycles. The molecule has 23 heavy (non-hydrogen) atoms. The first-order valence-electron chi connectivity index (χ1n) is 7.59. The average molecular weight is 309 g/mol. The Bertz CT molecular complexity index is 788. The Balaban J connectivity index is 1.83. The van der Waals surface area contributed by atoms with Gasteiger partial charge in [0.15, 0.2) is 0 Å². The second-order valence-electron chi connectivity index (χ2n) is 5.10. The van der Waals surface area contributed by atoms with Gasteiger partial charge < -0.3 is 14.8 Å². The van der Waals surface area contributed by atoms with Crippen LogP contribution < -0.4 is 14.8 Å². The number of benzene rings is 2. The molecule has 5 nitrogen and oxygen atoms in total. The molecule has 2 aromatic carbocycles. The number of hydrogen-bond donors (Lipinski definition) is 1. The van der Waals surface area contributed by atoms with Crippen molar-refractivity contribution in [2.45, 2.75) is 13.3 Å². The van der Waals surface area contributed by atoms with Gasteiger partial charge in [-0.2, -0.15) is 0 Å². The summed E-state index contributed by atoms with van der Waals surface area (Å²) in [5, 5.41) is 4.26. The predicted octanol–water partition coefficient (Wildman–Crippen LogP) is 4.17. The lowest BCUT2D eigenvalue weighted by Gasteiger charge is -2.10. The van der Waals surface area contributed by atoms with Crippen molar-refractivity contribution >= 4 is 22.4 Å². The first kappa shape index (κ1) is 15.1. The fraction of sp³-hybridized carbons (Fsp3) is 0.222. The van der Waals surface area contributed by atoms with Gasteiger partial charge in [-0.3, -0.25) is 0 Å². The molecule has 3 aromatic rings. The van der Waals surface area contributed by atoms with Crippen molar-refractivity contribution in [2.24, 2.45) is 0 Å². The maximum atomic E-state index is 5.59. The van der Waals surface area contributed by atoms with Crippen LogP contribution >= 0.6 is 0 Å². The number of fused-ring (bicyclic) bond motifs is 1. The Labute approximate surface area is 135 Å². The largest absolute Gasteiger partial charge is 0.497 e. The van der Waals surface area contributed by atoms with Gasteiger partial charge in [0.1, 0.15) is 23.6 Å². The first-order valence-corrected chi connectivity index (χ1v) is 7.59. The van der Waals surface area contributed by atoms with E-state index in [4.69, 9.17) is 9.47 Å². The zero-order valence-corrected chi connectivity index (χ0v) is 13.2. The molecular weight excluding hydrogens is 290 g/mol. The Kier molecular flexibility index (Phi) is 4.57. The van der Waals surface area contributed by atoms with E-state index in [0.717, 1.165) is 46.9 Å². The second-order valence-corrected chi connectivity index (χ2v) is 5.10. The lowest BCUT2D eigenvalue weighted by atomic mass is 10.2. The van der Waals surface area contributed by atoms with Crippen molar-refractivity contribution in [3.63, 3.8) is 0 Å². The highest BCUT2D eigenvalue weighted by atomic mass is 16.5. The van der Waals surface area contributed by atoms with E-state index in [-0.39, 0.29) is 0 Å². The Hall–Kier alpha value is -2.82. The number of anilines is 2. The van der Waals surface area contributed by atoms with E-state index in [1.54, 1.807) is 13.4 Å². The Morgan fingerprint density at radius 3 is 2.52 bits per heavy atom. The lowest BCUT2D eigenvalue weighted by molar-refractivity contribution is 0.317. The molecule has 3 rings (SSSR count). The average Bonchev–Trinajstić information content (AvgIpc) is 2.61. The third kappa shape index (κ3) is 3.51. The molecule has 0 atom stereocenters. The predicted molar refractivity (Wildman–Crippen MR) is 91.6 cm³/mol. The summed E-state index contributed by atoms with van der Waals surface area (Å²) < 4.78 is 10.8. The SMILES string of the molecule is CCCOc1ccc(Nc2ncnc3cc(OC)ccc23)cc1. The van der Waals surface area contributed by atoms with Gasteiger partial charge in [-0.25, -0.2) is 9.97 Å². The van der Waals surface area contributed by atoms with Crippen LogP contribution in [-0.4, -0.2) is 23.7 Å². The van der Waals surface area contributed by atoms with E-state index in [0.29, 0.717) is 0 Å². The highest BCUT2D eigenvalue weighted by molar-refractivity contribution is 5.91. The smallest absolute Gasteiger partial charge is 0.141 e. The minimum atomic E-state index is 0.727. The van der Waals surface area contributed by atoms with Crippen LogP contribution in [0.15, 0.2) is 48.8 Å². The molecule has 0 spiro atoms. The third-order valence-corrected chi connectivity index (χ3v) is 3.43. The van der Waals surface area contributed by atoms with Crippen LogP contribution in [0.4, 0.5) is 11.5 Å². The van der Waals surface area contributed by atoms with Crippen LogP contribution in [0.3, 0.4) is 0 Å². The molecule has 0 fully saturated rings. The highest BCUT2D eigenvalue weighted by Gasteiger charge is 2.05. The molecule has 1 heterocycles. The van der Waals surface area contributed by atoms with Gasteiger partial charge >= 0.3 is 0 Å². The maximum absolute atomic E-state index is 5.59. The van der Waals surface area contributed by atoms with Crippen LogP contribution in [0, 0.1) is 0 Å². The van der Waals surface area contributed by atoms with Gasteiger partial charge in [-0.15, -0.1) is 0 Å². The van der Waals surface area contributed by atoms with Crippen LogP contribution in [0.1, 0.15) is 13.3 Å². The van der Waals surface area contributed by atoms with Crippen LogP contribution in [0.2, 0.25) is 0 Å². The molecule has 0 amide bonds. The zero-order chi connectivity index (χ0) is 16.1. The van der Waals surface area contributed by atoms with Crippen molar-refractivity contribution in [1.29, 1.82) is 0 Å². The molecule has 1 aromatic heterocycles. The Morgan fingerprint density at radius 2 is 1.78 bits per heavy atom. The molecule has 5 heteroatoms. The molecule has 0 aliphatic heterocycles. The highest BCUT2D eigenvalue weighted by Crippen LogP contribution is 2.26. The van der Waals surface area contributed by atoms with E-state index >= 15 is 0 Å². The summed E-state index contributed by atoms with van der Waals surface area (Å²) in [6, 6.07) is 13.6. The molecule has 0 bridgehead atoms. The number of rotatable bonds is 6. The van der Waals surface area contributed by atoms with Crippen molar-refractivity contribution < 1.29 is 9.47 Å². The zero-order valence-electron chi connectivity index (χ0n) is 13.2. The van der Waals surface area contributed by atoms with Gasteiger partial charge in [0.05, 0.1) is 19.2 Å². The fourth-order valence-corrected chi connectivity index (χ4v) is 2.25. The van der Waals surface area contributed by atoms with Crippen molar-refractivity contribution in [3.05, 3.63) is 48.8 Å². The number of ether oxygens (including phenoxy) is 2. The molecule has 1 N–H and O–H groups in total. The topological polar surface area (TPSA) is 56.3 Å². The van der Waals surface area contributed by atoms with Crippen molar-refractivity contribution in [3.8, 4) is 11.5 Å². The van der Waals surface area contributed by atoms with E-state index < -0.39 is 0 Å². The molecule has 0 unspecified atom stereocenters. The van der Waals surface area contributed by atoms with Crippen molar-refractivity contribution in [2.75, 3.05) is 19.0 Å². The lowest BCUT2D eigenvalue weighted by Crippen LogP contribution is -1.97. The quantitative estimate of drug-likeness (QED) is 0.740. The molecule has 118 valence electrons. The van der Waals surface area contributed by atoms with Gasteiger partial charge in [-0.1, -0.05) is 6.92 Å². The fourth-order valence-electron chi connectivity index (χ4n) is 2.25. The van der Waals surface area contributed by atoms with E-state index in [1.165, 1.54) is 0 Å². The van der Waals surface area contributed by atoms with Crippen LogP contribution in [0.25, 0.3) is 10.9 Å². The molecule has 0 aliphatic carbocycles.